The number of hydrazine groups is 1. The fourth-order valence-electron chi connectivity index (χ4n) is 3.31. The van der Waals surface area contributed by atoms with Gasteiger partial charge < -0.3 is 9.47 Å². The minimum atomic E-state index is -0.331. The van der Waals surface area contributed by atoms with Crippen LogP contribution in [-0.4, -0.2) is 52.8 Å². The van der Waals surface area contributed by atoms with Gasteiger partial charge in [0.05, 0.1) is 12.3 Å². The van der Waals surface area contributed by atoms with Crippen LogP contribution in [0.3, 0.4) is 0 Å². The predicted molar refractivity (Wildman–Crippen MR) is 130 cm³/mol. The maximum Gasteiger partial charge on any atom is 0.296 e. The number of thiazole rings is 1. The van der Waals surface area contributed by atoms with Crippen molar-refractivity contribution < 1.29 is 14.3 Å². The van der Waals surface area contributed by atoms with Crippen molar-refractivity contribution in [1.82, 2.24) is 25.0 Å². The van der Waals surface area contributed by atoms with Crippen LogP contribution in [0.2, 0.25) is 0 Å². The number of hydrogen-bond donors (Lipinski definition) is 1. The summed E-state index contributed by atoms with van der Waals surface area (Å²) in [6, 6.07) is 15.0. The van der Waals surface area contributed by atoms with E-state index in [0.717, 1.165) is 22.6 Å². The van der Waals surface area contributed by atoms with Crippen molar-refractivity contribution in [3.63, 3.8) is 0 Å². The lowest BCUT2D eigenvalue weighted by molar-refractivity contribution is -0.126. The van der Waals surface area contributed by atoms with E-state index in [-0.39, 0.29) is 18.1 Å². The molecule has 0 aliphatic carbocycles. The first-order valence-corrected chi connectivity index (χ1v) is 11.6. The Hall–Kier alpha value is -3.76. The van der Waals surface area contributed by atoms with E-state index in [1.54, 1.807) is 35.8 Å². The zero-order chi connectivity index (χ0) is 24.1. The molecule has 0 aliphatic rings. The molecule has 4 rings (SSSR count). The lowest BCUT2D eigenvalue weighted by Crippen LogP contribution is -2.39. The van der Waals surface area contributed by atoms with Gasteiger partial charge in [-0.05, 0) is 48.9 Å². The summed E-state index contributed by atoms with van der Waals surface area (Å²) < 4.78 is 12.7. The van der Waals surface area contributed by atoms with E-state index in [0.29, 0.717) is 29.4 Å². The largest absolute Gasteiger partial charge is 0.494 e. The highest BCUT2D eigenvalue weighted by atomic mass is 32.1. The SMILES string of the molecule is CCOc1ccc(Cc2nn3c(-c4ccc(OCC(=O)NN(C)C)cc4)csc3nc2=O)cc1. The number of fused-ring (bicyclic) bond motifs is 1. The second kappa shape index (κ2) is 10.4. The van der Waals surface area contributed by atoms with Crippen LogP contribution in [0.15, 0.2) is 58.7 Å². The van der Waals surface area contributed by atoms with E-state index < -0.39 is 0 Å². The molecule has 0 unspecified atom stereocenters. The van der Waals surface area contributed by atoms with E-state index in [1.165, 1.54) is 11.3 Å². The third kappa shape index (κ3) is 5.59. The number of amides is 1. The first kappa shape index (κ1) is 23.4. The van der Waals surface area contributed by atoms with Crippen LogP contribution in [0.5, 0.6) is 11.5 Å². The van der Waals surface area contributed by atoms with Crippen LogP contribution >= 0.6 is 11.3 Å². The summed E-state index contributed by atoms with van der Waals surface area (Å²) in [5, 5.41) is 8.08. The van der Waals surface area contributed by atoms with Crippen molar-refractivity contribution in [2.45, 2.75) is 13.3 Å². The van der Waals surface area contributed by atoms with Gasteiger partial charge in [0.25, 0.3) is 11.5 Å². The highest BCUT2D eigenvalue weighted by Crippen LogP contribution is 2.26. The molecule has 4 aromatic rings. The summed E-state index contributed by atoms with van der Waals surface area (Å²) in [4.78, 5) is 29.0. The van der Waals surface area contributed by atoms with Gasteiger partial charge in [0.1, 0.15) is 17.2 Å². The second-order valence-electron chi connectivity index (χ2n) is 7.68. The first-order chi connectivity index (χ1) is 16.4. The van der Waals surface area contributed by atoms with Crippen LogP contribution in [0.25, 0.3) is 16.2 Å². The Kier molecular flexibility index (Phi) is 7.19. The number of aromatic nitrogens is 3. The fraction of sp³-hybridized carbons (Fsp3) is 0.250. The predicted octanol–water partition coefficient (Wildman–Crippen LogP) is 2.78. The van der Waals surface area contributed by atoms with Crippen LogP contribution in [0, 0.1) is 0 Å². The number of rotatable bonds is 9. The van der Waals surface area contributed by atoms with Crippen LogP contribution in [0.1, 0.15) is 18.2 Å². The van der Waals surface area contributed by atoms with Crippen molar-refractivity contribution in [1.29, 1.82) is 0 Å². The Morgan fingerprint density at radius 2 is 1.74 bits per heavy atom. The highest BCUT2D eigenvalue weighted by molar-refractivity contribution is 7.15. The van der Waals surface area contributed by atoms with Crippen molar-refractivity contribution in [2.24, 2.45) is 0 Å². The maximum absolute atomic E-state index is 12.5. The molecule has 0 bridgehead atoms. The van der Waals surface area contributed by atoms with Gasteiger partial charge in [-0.3, -0.25) is 15.0 Å². The molecule has 0 saturated heterocycles. The van der Waals surface area contributed by atoms with Gasteiger partial charge in [-0.1, -0.05) is 12.1 Å². The van der Waals surface area contributed by atoms with Crippen LogP contribution in [-0.2, 0) is 11.2 Å². The molecule has 1 amide bonds. The number of hydrogen-bond acceptors (Lipinski definition) is 8. The van der Waals surface area contributed by atoms with Gasteiger partial charge in [0, 0.05) is 31.5 Å². The lowest BCUT2D eigenvalue weighted by Gasteiger charge is -2.12. The minimum absolute atomic E-state index is 0.0830. The molecule has 0 radical (unpaired) electrons. The molecular weight excluding hydrogens is 454 g/mol. The van der Waals surface area contributed by atoms with Crippen molar-refractivity contribution in [3.8, 4) is 22.8 Å². The molecule has 1 N–H and O–H groups in total. The van der Waals surface area contributed by atoms with Crippen molar-refractivity contribution in [3.05, 3.63) is 75.5 Å². The van der Waals surface area contributed by atoms with Gasteiger partial charge in [0.2, 0.25) is 4.96 Å². The molecule has 0 saturated carbocycles. The first-order valence-electron chi connectivity index (χ1n) is 10.7. The Morgan fingerprint density at radius 3 is 2.41 bits per heavy atom. The van der Waals surface area contributed by atoms with Gasteiger partial charge in [-0.2, -0.15) is 10.1 Å². The number of benzene rings is 2. The smallest absolute Gasteiger partial charge is 0.296 e. The Bertz CT molecular complexity index is 1330. The summed E-state index contributed by atoms with van der Waals surface area (Å²) in [6.07, 6.45) is 0.373. The summed E-state index contributed by atoms with van der Waals surface area (Å²) in [5.41, 5.74) is 5.32. The fourth-order valence-corrected chi connectivity index (χ4v) is 4.14. The molecule has 10 heteroatoms. The van der Waals surface area contributed by atoms with Crippen molar-refractivity contribution >= 4 is 22.2 Å². The summed E-state index contributed by atoms with van der Waals surface area (Å²) in [5.74, 6) is 1.12. The molecule has 2 heterocycles. The second-order valence-corrected chi connectivity index (χ2v) is 8.51. The highest BCUT2D eigenvalue weighted by Gasteiger charge is 2.13. The van der Waals surface area contributed by atoms with E-state index >= 15 is 0 Å². The number of carbonyl (C=O) groups is 1. The lowest BCUT2D eigenvalue weighted by atomic mass is 10.1. The third-order valence-electron chi connectivity index (χ3n) is 4.82. The van der Waals surface area contributed by atoms with E-state index in [1.807, 2.05) is 48.7 Å². The monoisotopic (exact) mass is 479 g/mol. The van der Waals surface area contributed by atoms with Gasteiger partial charge in [-0.25, -0.2) is 9.52 Å². The third-order valence-corrected chi connectivity index (χ3v) is 5.64. The Labute approximate surface area is 200 Å². The van der Waals surface area contributed by atoms with Crippen LogP contribution < -0.4 is 20.5 Å². The Balaban J connectivity index is 1.53. The van der Waals surface area contributed by atoms with E-state index in [9.17, 15) is 9.59 Å². The molecular formula is C24H25N5O4S. The summed E-state index contributed by atoms with van der Waals surface area (Å²) in [6.45, 7) is 2.45. The topological polar surface area (TPSA) is 98.1 Å². The molecule has 2 aromatic carbocycles. The number of nitrogens with one attached hydrogen (secondary N) is 1. The molecule has 2 aromatic heterocycles. The molecule has 176 valence electrons. The average molecular weight is 480 g/mol. The average Bonchev–Trinajstić information content (AvgIpc) is 3.22. The van der Waals surface area contributed by atoms with Gasteiger partial charge in [0.15, 0.2) is 6.61 Å². The zero-order valence-corrected chi connectivity index (χ0v) is 20.0. The van der Waals surface area contributed by atoms with Crippen LogP contribution in [0.4, 0.5) is 0 Å². The van der Waals surface area contributed by atoms with E-state index in [4.69, 9.17) is 9.47 Å². The maximum atomic E-state index is 12.5. The Morgan fingerprint density at radius 1 is 1.06 bits per heavy atom. The quantitative estimate of drug-likeness (QED) is 0.369. The normalized spacial score (nSPS) is 11.1. The molecule has 9 nitrogen and oxygen atoms in total. The summed E-state index contributed by atoms with van der Waals surface area (Å²) >= 11 is 1.35. The molecule has 0 aliphatic heterocycles. The van der Waals surface area contributed by atoms with Crippen molar-refractivity contribution in [2.75, 3.05) is 27.3 Å². The number of nitrogens with zero attached hydrogens (tertiary/aromatic N) is 4. The number of ether oxygens (including phenoxy) is 2. The molecule has 0 atom stereocenters. The molecule has 0 spiro atoms. The zero-order valence-electron chi connectivity index (χ0n) is 19.1. The van der Waals surface area contributed by atoms with E-state index in [2.05, 4.69) is 15.5 Å². The number of carbonyl (C=O) groups excluding carboxylic acids is 1. The van der Waals surface area contributed by atoms with Gasteiger partial charge in [-0.15, -0.1) is 11.3 Å². The minimum Gasteiger partial charge on any atom is -0.494 e. The summed E-state index contributed by atoms with van der Waals surface area (Å²) in [7, 11) is 3.47. The standard InChI is InChI=1S/C24H25N5O4S/c1-4-32-18-9-5-16(6-10-18)13-20-23(31)25-24-29(26-20)21(15-34-24)17-7-11-19(12-8-17)33-14-22(30)27-28(2)3/h5-12,15H,4,13-14H2,1-3H3,(H,27,30). The molecule has 34 heavy (non-hydrogen) atoms. The van der Waals surface area contributed by atoms with Gasteiger partial charge >= 0.3 is 0 Å². The molecule has 0 fully saturated rings.